The fourth-order valence-corrected chi connectivity index (χ4v) is 2.18. The van der Waals surface area contributed by atoms with Crippen molar-refractivity contribution in [1.82, 2.24) is 15.3 Å². The van der Waals surface area contributed by atoms with E-state index in [2.05, 4.69) is 15.3 Å². The lowest BCUT2D eigenvalue weighted by Gasteiger charge is -2.11. The van der Waals surface area contributed by atoms with Crippen LogP contribution >= 0.6 is 11.3 Å². The number of nitrogens with one attached hydrogen (secondary N) is 1. The molecule has 19 heavy (non-hydrogen) atoms. The van der Waals surface area contributed by atoms with Crippen molar-refractivity contribution in [1.29, 1.82) is 0 Å². The van der Waals surface area contributed by atoms with Crippen molar-refractivity contribution < 1.29 is 14.7 Å². The molecule has 7 heteroatoms. The van der Waals surface area contributed by atoms with Gasteiger partial charge in [-0.05, 0) is 19.1 Å². The van der Waals surface area contributed by atoms with Crippen molar-refractivity contribution in [3.8, 4) is 0 Å². The van der Waals surface area contributed by atoms with E-state index in [1.54, 1.807) is 18.5 Å². The molecule has 0 saturated heterocycles. The quantitative estimate of drug-likeness (QED) is 0.887. The number of carbonyl (C=O) groups is 2. The van der Waals surface area contributed by atoms with E-state index in [0.29, 0.717) is 0 Å². The lowest BCUT2D eigenvalue weighted by atomic mass is 10.2. The van der Waals surface area contributed by atoms with E-state index in [-0.39, 0.29) is 17.3 Å². The fraction of sp³-hybridized carbons (Fsp3) is 0.167. The summed E-state index contributed by atoms with van der Waals surface area (Å²) < 4.78 is 0. The van der Waals surface area contributed by atoms with Crippen molar-refractivity contribution in [2.75, 3.05) is 0 Å². The van der Waals surface area contributed by atoms with Crippen molar-refractivity contribution in [3.63, 3.8) is 0 Å². The molecule has 1 unspecified atom stereocenters. The van der Waals surface area contributed by atoms with Crippen LogP contribution in [-0.4, -0.2) is 27.0 Å². The van der Waals surface area contributed by atoms with Crippen molar-refractivity contribution in [2.24, 2.45) is 0 Å². The summed E-state index contributed by atoms with van der Waals surface area (Å²) in [5, 5.41) is 14.2. The summed E-state index contributed by atoms with van der Waals surface area (Å²) in [7, 11) is 0. The number of thiazole rings is 1. The van der Waals surface area contributed by atoms with Gasteiger partial charge in [-0.3, -0.25) is 9.78 Å². The Morgan fingerprint density at radius 3 is 2.79 bits per heavy atom. The second-order valence-corrected chi connectivity index (χ2v) is 4.70. The number of aromatic carboxylic acids is 1. The third kappa shape index (κ3) is 2.94. The molecular formula is C12H11N3O3S. The first kappa shape index (κ1) is 13.2. The van der Waals surface area contributed by atoms with E-state index >= 15 is 0 Å². The summed E-state index contributed by atoms with van der Waals surface area (Å²) in [5.41, 5.74) is -0.218. The zero-order valence-corrected chi connectivity index (χ0v) is 10.8. The van der Waals surface area contributed by atoms with E-state index < -0.39 is 11.9 Å². The predicted molar refractivity (Wildman–Crippen MR) is 69.2 cm³/mol. The molecule has 1 amide bonds. The molecule has 0 fully saturated rings. The maximum absolute atomic E-state index is 12.0. The number of hydrogen-bond donors (Lipinski definition) is 2. The summed E-state index contributed by atoms with van der Waals surface area (Å²) >= 11 is 1.42. The molecule has 0 aliphatic rings. The number of aromatic nitrogens is 2. The van der Waals surface area contributed by atoms with Crippen LogP contribution in [0.2, 0.25) is 0 Å². The zero-order chi connectivity index (χ0) is 13.8. The SMILES string of the molecule is CC(NC(=O)c1ncccc1C(=O)O)c1nccs1. The summed E-state index contributed by atoms with van der Waals surface area (Å²) in [5.74, 6) is -1.71. The van der Waals surface area contributed by atoms with Gasteiger partial charge in [0.2, 0.25) is 0 Å². The van der Waals surface area contributed by atoms with Crippen LogP contribution in [0.5, 0.6) is 0 Å². The molecular weight excluding hydrogens is 266 g/mol. The van der Waals surface area contributed by atoms with Crippen molar-refractivity contribution in [2.45, 2.75) is 13.0 Å². The molecule has 0 saturated carbocycles. The number of pyridine rings is 1. The predicted octanol–water partition coefficient (Wildman–Crippen LogP) is 1.73. The van der Waals surface area contributed by atoms with Crippen LogP contribution in [0, 0.1) is 0 Å². The van der Waals surface area contributed by atoms with Gasteiger partial charge in [-0.1, -0.05) is 0 Å². The van der Waals surface area contributed by atoms with Gasteiger partial charge < -0.3 is 10.4 Å². The maximum atomic E-state index is 12.0. The highest BCUT2D eigenvalue weighted by atomic mass is 32.1. The molecule has 2 N–H and O–H groups in total. The van der Waals surface area contributed by atoms with Gasteiger partial charge in [-0.2, -0.15) is 0 Å². The van der Waals surface area contributed by atoms with E-state index in [1.807, 2.05) is 0 Å². The van der Waals surface area contributed by atoms with E-state index in [9.17, 15) is 9.59 Å². The van der Waals surface area contributed by atoms with Gasteiger partial charge >= 0.3 is 5.97 Å². The lowest BCUT2D eigenvalue weighted by molar-refractivity contribution is 0.0689. The largest absolute Gasteiger partial charge is 0.478 e. The first-order chi connectivity index (χ1) is 9.09. The Labute approximate surface area is 113 Å². The van der Waals surface area contributed by atoms with Gasteiger partial charge in [-0.25, -0.2) is 9.78 Å². The van der Waals surface area contributed by atoms with Crippen molar-refractivity contribution in [3.05, 3.63) is 46.2 Å². The zero-order valence-electron chi connectivity index (χ0n) is 10.0. The van der Waals surface area contributed by atoms with Crippen LogP contribution in [0.3, 0.4) is 0 Å². The molecule has 0 aromatic carbocycles. The van der Waals surface area contributed by atoms with Gasteiger partial charge in [0.1, 0.15) is 10.7 Å². The highest BCUT2D eigenvalue weighted by Crippen LogP contribution is 2.15. The first-order valence-corrected chi connectivity index (χ1v) is 6.36. The third-order valence-electron chi connectivity index (χ3n) is 2.42. The molecule has 0 radical (unpaired) electrons. The van der Waals surface area contributed by atoms with Crippen LogP contribution < -0.4 is 5.32 Å². The molecule has 6 nitrogen and oxygen atoms in total. The van der Waals surface area contributed by atoms with Crippen LogP contribution in [-0.2, 0) is 0 Å². The van der Waals surface area contributed by atoms with Gasteiger partial charge in [0.15, 0.2) is 0 Å². The molecule has 0 aliphatic carbocycles. The first-order valence-electron chi connectivity index (χ1n) is 5.48. The summed E-state index contributed by atoms with van der Waals surface area (Å²) in [6.07, 6.45) is 3.03. The minimum atomic E-state index is -1.18. The lowest BCUT2D eigenvalue weighted by Crippen LogP contribution is -2.29. The molecule has 0 bridgehead atoms. The average Bonchev–Trinajstić information content (AvgIpc) is 2.92. The number of amides is 1. The second kappa shape index (κ2) is 5.57. The average molecular weight is 277 g/mol. The van der Waals surface area contributed by atoms with Gasteiger partial charge in [0, 0.05) is 17.8 Å². The normalized spacial score (nSPS) is 11.8. The van der Waals surface area contributed by atoms with E-state index in [4.69, 9.17) is 5.11 Å². The number of carboxylic acids is 1. The smallest absolute Gasteiger partial charge is 0.338 e. The van der Waals surface area contributed by atoms with Crippen LogP contribution in [0.4, 0.5) is 0 Å². The molecule has 98 valence electrons. The van der Waals surface area contributed by atoms with Gasteiger partial charge in [0.25, 0.3) is 5.91 Å². The Morgan fingerprint density at radius 1 is 1.37 bits per heavy atom. The number of rotatable bonds is 4. The third-order valence-corrected chi connectivity index (χ3v) is 3.38. The number of carbonyl (C=O) groups excluding carboxylic acids is 1. The van der Waals surface area contributed by atoms with E-state index in [0.717, 1.165) is 5.01 Å². The standard InChI is InChI=1S/C12H11N3O3S/c1-7(11-14-5-6-19-11)15-10(16)9-8(12(17)18)3-2-4-13-9/h2-7H,1H3,(H,15,16)(H,17,18). The molecule has 2 aromatic rings. The number of carboxylic acid groups (broad SMARTS) is 1. The minimum absolute atomic E-state index is 0.0987. The topological polar surface area (TPSA) is 92.2 Å². The Morgan fingerprint density at radius 2 is 2.16 bits per heavy atom. The summed E-state index contributed by atoms with van der Waals surface area (Å²) in [6, 6.07) is 2.53. The Bertz CT molecular complexity index is 598. The molecule has 2 heterocycles. The fourth-order valence-electron chi connectivity index (χ4n) is 1.53. The summed E-state index contributed by atoms with van der Waals surface area (Å²) in [4.78, 5) is 30.9. The van der Waals surface area contributed by atoms with Gasteiger partial charge in [0.05, 0.1) is 11.6 Å². The Balaban J connectivity index is 2.19. The minimum Gasteiger partial charge on any atom is -0.478 e. The monoisotopic (exact) mass is 277 g/mol. The van der Waals surface area contributed by atoms with Crippen LogP contribution in [0.15, 0.2) is 29.9 Å². The molecule has 0 aliphatic heterocycles. The molecule has 2 rings (SSSR count). The second-order valence-electron chi connectivity index (χ2n) is 3.77. The van der Waals surface area contributed by atoms with E-state index in [1.165, 1.54) is 29.7 Å². The van der Waals surface area contributed by atoms with Crippen molar-refractivity contribution >= 4 is 23.2 Å². The van der Waals surface area contributed by atoms with Crippen LogP contribution in [0.25, 0.3) is 0 Å². The summed E-state index contributed by atoms with van der Waals surface area (Å²) in [6.45, 7) is 1.78. The highest BCUT2D eigenvalue weighted by molar-refractivity contribution is 7.09. The highest BCUT2D eigenvalue weighted by Gasteiger charge is 2.20. The number of hydrogen-bond acceptors (Lipinski definition) is 5. The Kier molecular flexibility index (Phi) is 3.86. The van der Waals surface area contributed by atoms with Crippen LogP contribution in [0.1, 0.15) is 38.8 Å². The maximum Gasteiger partial charge on any atom is 0.338 e. The Hall–Kier alpha value is -2.28. The molecule has 0 spiro atoms. The number of nitrogens with zero attached hydrogens (tertiary/aromatic N) is 2. The molecule has 2 aromatic heterocycles. The van der Waals surface area contributed by atoms with Gasteiger partial charge in [-0.15, -0.1) is 11.3 Å². The molecule has 1 atom stereocenters.